The Morgan fingerprint density at radius 2 is 2.33 bits per heavy atom. The summed E-state index contributed by atoms with van der Waals surface area (Å²) < 4.78 is 5.58. The third-order valence-corrected chi connectivity index (χ3v) is 4.84. The molecular weight excluding hydrogens is 248 g/mol. The minimum absolute atomic E-state index is 0.0373. The zero-order valence-electron chi connectivity index (χ0n) is 11.2. The van der Waals surface area contributed by atoms with Crippen molar-refractivity contribution in [3.8, 4) is 0 Å². The highest BCUT2D eigenvalue weighted by molar-refractivity contribution is 7.18. The highest BCUT2D eigenvalue weighted by Crippen LogP contribution is 2.36. The molecule has 0 bridgehead atoms. The van der Waals surface area contributed by atoms with Crippen molar-refractivity contribution in [1.82, 2.24) is 0 Å². The molecule has 0 saturated carbocycles. The van der Waals surface area contributed by atoms with Crippen LogP contribution in [0.2, 0.25) is 0 Å². The van der Waals surface area contributed by atoms with Crippen molar-refractivity contribution in [2.45, 2.75) is 32.3 Å². The summed E-state index contributed by atoms with van der Waals surface area (Å²) in [6.45, 7) is 5.53. The van der Waals surface area contributed by atoms with Crippen LogP contribution in [0.3, 0.4) is 0 Å². The van der Waals surface area contributed by atoms with Gasteiger partial charge >= 0.3 is 0 Å². The van der Waals surface area contributed by atoms with Gasteiger partial charge in [-0.3, -0.25) is 4.79 Å². The molecule has 1 fully saturated rings. The average molecular weight is 268 g/mol. The number of nitrogen functional groups attached to an aromatic ring is 1. The van der Waals surface area contributed by atoms with Crippen LogP contribution >= 0.6 is 11.3 Å². The second-order valence-electron chi connectivity index (χ2n) is 5.10. The van der Waals surface area contributed by atoms with Gasteiger partial charge in [-0.25, -0.2) is 0 Å². The molecule has 2 N–H and O–H groups in total. The zero-order valence-corrected chi connectivity index (χ0v) is 12.0. The van der Waals surface area contributed by atoms with Crippen molar-refractivity contribution in [1.29, 1.82) is 0 Å². The average Bonchev–Trinajstić information content (AvgIpc) is 2.72. The van der Waals surface area contributed by atoms with E-state index >= 15 is 0 Å². The summed E-state index contributed by atoms with van der Waals surface area (Å²) in [5.74, 6) is 0.0373. The summed E-state index contributed by atoms with van der Waals surface area (Å²) in [5.41, 5.74) is 6.37. The van der Waals surface area contributed by atoms with Crippen molar-refractivity contribution in [3.05, 3.63) is 10.9 Å². The maximum Gasteiger partial charge on any atom is 0.171 e. The van der Waals surface area contributed by atoms with Gasteiger partial charge in [-0.1, -0.05) is 0 Å². The van der Waals surface area contributed by atoms with E-state index in [1.807, 2.05) is 6.07 Å². The first-order valence-electron chi connectivity index (χ1n) is 6.15. The number of hydrogen-bond acceptors (Lipinski definition) is 5. The van der Waals surface area contributed by atoms with Crippen LogP contribution in [0.25, 0.3) is 0 Å². The Bertz CT molecular complexity index is 458. The number of ketones is 1. The normalized spacial score (nSPS) is 24.3. The fourth-order valence-corrected chi connectivity index (χ4v) is 3.38. The lowest BCUT2D eigenvalue weighted by Gasteiger charge is -2.39. The molecule has 0 radical (unpaired) electrons. The van der Waals surface area contributed by atoms with Gasteiger partial charge in [-0.2, -0.15) is 0 Å². The van der Waals surface area contributed by atoms with Crippen LogP contribution in [0.5, 0.6) is 0 Å². The molecule has 0 spiro atoms. The zero-order chi connectivity index (χ0) is 13.3. The first-order valence-corrected chi connectivity index (χ1v) is 6.97. The van der Waals surface area contributed by atoms with Gasteiger partial charge in [0.1, 0.15) is 0 Å². The quantitative estimate of drug-likeness (QED) is 0.856. The van der Waals surface area contributed by atoms with Gasteiger partial charge in [0.25, 0.3) is 0 Å². The van der Waals surface area contributed by atoms with Gasteiger partial charge in [-0.05, 0) is 25.8 Å². The fraction of sp³-hybridized carbons (Fsp3) is 0.615. The molecule has 2 heterocycles. The van der Waals surface area contributed by atoms with Gasteiger partial charge in [0.05, 0.1) is 21.2 Å². The smallest absolute Gasteiger partial charge is 0.171 e. The number of thiophene rings is 1. The van der Waals surface area contributed by atoms with Crippen molar-refractivity contribution < 1.29 is 9.53 Å². The number of carbonyl (C=O) groups is 1. The first kappa shape index (κ1) is 13.4. The number of methoxy groups -OCH3 is 1. The Kier molecular flexibility index (Phi) is 3.64. The molecule has 18 heavy (non-hydrogen) atoms. The topological polar surface area (TPSA) is 55.6 Å². The highest BCUT2D eigenvalue weighted by Gasteiger charge is 2.31. The van der Waals surface area contributed by atoms with E-state index in [0.717, 1.165) is 30.9 Å². The third-order valence-electron chi connectivity index (χ3n) is 3.53. The molecule has 4 nitrogen and oxygen atoms in total. The molecule has 2 rings (SSSR count). The Balaban J connectivity index is 2.21. The first-order chi connectivity index (χ1) is 8.45. The molecule has 1 atom stereocenters. The van der Waals surface area contributed by atoms with Crippen LogP contribution in [0.15, 0.2) is 6.07 Å². The number of Topliss-reactive ketones (excluding diaryl/α,β-unsaturated/α-hetero) is 1. The van der Waals surface area contributed by atoms with Crippen molar-refractivity contribution in [2.24, 2.45) is 0 Å². The number of rotatable bonds is 3. The number of nitrogens with two attached hydrogens (primary N) is 1. The van der Waals surface area contributed by atoms with E-state index in [2.05, 4.69) is 11.8 Å². The molecule has 1 saturated heterocycles. The van der Waals surface area contributed by atoms with Crippen molar-refractivity contribution in [3.63, 3.8) is 0 Å². The van der Waals surface area contributed by atoms with Crippen molar-refractivity contribution in [2.75, 3.05) is 30.8 Å². The molecule has 5 heteroatoms. The van der Waals surface area contributed by atoms with Gasteiger partial charge in [0.15, 0.2) is 5.78 Å². The van der Waals surface area contributed by atoms with Crippen LogP contribution in [-0.2, 0) is 4.74 Å². The van der Waals surface area contributed by atoms with Crippen LogP contribution in [0, 0.1) is 0 Å². The van der Waals surface area contributed by atoms with Crippen LogP contribution in [-0.4, -0.2) is 31.6 Å². The fourth-order valence-electron chi connectivity index (χ4n) is 2.38. The van der Waals surface area contributed by atoms with E-state index < -0.39 is 0 Å². The van der Waals surface area contributed by atoms with Gasteiger partial charge in [0.2, 0.25) is 0 Å². The largest absolute Gasteiger partial charge is 0.397 e. The molecule has 0 amide bonds. The molecule has 0 aliphatic carbocycles. The molecule has 1 aliphatic rings. The predicted molar refractivity (Wildman–Crippen MR) is 75.6 cm³/mol. The van der Waals surface area contributed by atoms with Crippen LogP contribution in [0.4, 0.5) is 10.7 Å². The minimum Gasteiger partial charge on any atom is -0.397 e. The molecular formula is C13H20N2O2S. The predicted octanol–water partition coefficient (Wildman–Crippen LogP) is 2.54. The summed E-state index contributed by atoms with van der Waals surface area (Å²) in [5, 5.41) is 1.07. The summed E-state index contributed by atoms with van der Waals surface area (Å²) in [4.78, 5) is 14.4. The number of hydrogen-bond donors (Lipinski definition) is 1. The van der Waals surface area contributed by atoms with Crippen LogP contribution in [0.1, 0.15) is 36.4 Å². The lowest BCUT2D eigenvalue weighted by atomic mass is 9.95. The molecule has 1 aliphatic heterocycles. The number of nitrogens with zero attached hydrogens (tertiary/aromatic N) is 1. The second-order valence-corrected chi connectivity index (χ2v) is 6.14. The van der Waals surface area contributed by atoms with Gasteiger partial charge in [-0.15, -0.1) is 11.3 Å². The lowest BCUT2D eigenvalue weighted by molar-refractivity contribution is -0.00451. The summed E-state index contributed by atoms with van der Waals surface area (Å²) in [6.07, 6.45) is 2.16. The van der Waals surface area contributed by atoms with E-state index in [9.17, 15) is 4.79 Å². The van der Waals surface area contributed by atoms with E-state index in [1.165, 1.54) is 11.3 Å². The molecule has 1 aromatic heterocycles. The Morgan fingerprint density at radius 3 is 2.89 bits per heavy atom. The van der Waals surface area contributed by atoms with Gasteiger partial charge in [0, 0.05) is 27.1 Å². The van der Waals surface area contributed by atoms with E-state index in [4.69, 9.17) is 10.5 Å². The van der Waals surface area contributed by atoms with Crippen LogP contribution < -0.4 is 10.6 Å². The number of ether oxygens (including phenoxy) is 1. The summed E-state index contributed by atoms with van der Waals surface area (Å²) in [7, 11) is 1.76. The maximum atomic E-state index is 11.4. The highest BCUT2D eigenvalue weighted by atomic mass is 32.1. The Morgan fingerprint density at radius 1 is 1.61 bits per heavy atom. The Hall–Kier alpha value is -1.07. The van der Waals surface area contributed by atoms with E-state index in [1.54, 1.807) is 14.0 Å². The number of carbonyl (C=O) groups excluding carboxylic acids is 1. The monoisotopic (exact) mass is 268 g/mol. The molecule has 0 aromatic carbocycles. The standard InChI is InChI=1S/C13H20N2O2S/c1-9(16)12-10(14)7-11(18-12)15-6-4-5-13(2,8-15)17-3/h7H,4-6,8,14H2,1-3H3. The number of piperidine rings is 1. The summed E-state index contributed by atoms with van der Waals surface area (Å²) in [6, 6.07) is 1.91. The SMILES string of the molecule is COC1(C)CCCN(c2cc(N)c(C(C)=O)s2)C1. The minimum atomic E-state index is -0.104. The Labute approximate surface area is 112 Å². The second kappa shape index (κ2) is 4.90. The maximum absolute atomic E-state index is 11.4. The van der Waals surface area contributed by atoms with Gasteiger partial charge < -0.3 is 15.4 Å². The van der Waals surface area contributed by atoms with E-state index in [-0.39, 0.29) is 11.4 Å². The number of anilines is 2. The molecule has 100 valence electrons. The third kappa shape index (κ3) is 2.52. The van der Waals surface area contributed by atoms with E-state index in [0.29, 0.717) is 10.6 Å². The molecule has 1 aromatic rings. The molecule has 1 unspecified atom stereocenters. The lowest BCUT2D eigenvalue weighted by Crippen LogP contribution is -2.47. The van der Waals surface area contributed by atoms with Crippen molar-refractivity contribution >= 4 is 27.8 Å². The summed E-state index contributed by atoms with van der Waals surface area (Å²) >= 11 is 1.48.